The molecular formula is C23H23N5O2. The van der Waals surface area contributed by atoms with Crippen LogP contribution in [0.4, 0.5) is 0 Å². The fourth-order valence-electron chi connectivity index (χ4n) is 3.02. The first-order valence-corrected chi connectivity index (χ1v) is 9.67. The summed E-state index contributed by atoms with van der Waals surface area (Å²) >= 11 is 0. The minimum atomic E-state index is -0.161. The fraction of sp³-hybridized carbons (Fsp3) is 0.174. The molecule has 3 heterocycles. The van der Waals surface area contributed by atoms with E-state index in [1.165, 1.54) is 6.33 Å². The van der Waals surface area contributed by atoms with Gasteiger partial charge in [-0.25, -0.2) is 4.98 Å². The van der Waals surface area contributed by atoms with Crippen molar-refractivity contribution in [2.24, 2.45) is 0 Å². The zero-order valence-corrected chi connectivity index (χ0v) is 16.9. The zero-order valence-electron chi connectivity index (χ0n) is 16.9. The molecule has 1 aromatic carbocycles. The maximum atomic E-state index is 11.9. The number of nitrogens with zero attached hydrogens (tertiary/aromatic N) is 3. The van der Waals surface area contributed by atoms with Crippen LogP contribution in [-0.4, -0.2) is 52.1 Å². The minimum absolute atomic E-state index is 0.161. The Balaban J connectivity index is 1.48. The maximum Gasteiger partial charge on any atom is 0.260 e. The second-order valence-corrected chi connectivity index (χ2v) is 7.20. The van der Waals surface area contributed by atoms with E-state index in [9.17, 15) is 4.79 Å². The van der Waals surface area contributed by atoms with E-state index in [-0.39, 0.29) is 5.56 Å². The lowest BCUT2D eigenvalue weighted by molar-refractivity contribution is 0.261. The minimum Gasteiger partial charge on any atom is -0.492 e. The van der Waals surface area contributed by atoms with Gasteiger partial charge in [0, 0.05) is 24.0 Å². The highest BCUT2D eigenvalue weighted by Crippen LogP contribution is 2.22. The van der Waals surface area contributed by atoms with Gasteiger partial charge in [-0.1, -0.05) is 18.2 Å². The molecule has 0 unspecified atom stereocenters. The summed E-state index contributed by atoms with van der Waals surface area (Å²) in [6.45, 7) is 1.54. The third kappa shape index (κ3) is 4.64. The molecular weight excluding hydrogens is 378 g/mol. The average Bonchev–Trinajstić information content (AvgIpc) is 3.19. The van der Waals surface area contributed by atoms with Gasteiger partial charge in [-0.2, -0.15) is 0 Å². The Bertz CT molecular complexity index is 1220. The van der Waals surface area contributed by atoms with Crippen LogP contribution in [0.3, 0.4) is 0 Å². The summed E-state index contributed by atoms with van der Waals surface area (Å²) in [5.41, 5.74) is 4.04. The average molecular weight is 401 g/mol. The summed E-state index contributed by atoms with van der Waals surface area (Å²) < 4.78 is 5.72. The number of aromatic nitrogens is 4. The number of nitrogens with one attached hydrogen (secondary N) is 2. The third-order valence-electron chi connectivity index (χ3n) is 4.66. The van der Waals surface area contributed by atoms with E-state index < -0.39 is 0 Å². The lowest BCUT2D eigenvalue weighted by Crippen LogP contribution is -2.19. The van der Waals surface area contributed by atoms with Gasteiger partial charge in [0.2, 0.25) is 0 Å². The quantitative estimate of drug-likeness (QED) is 0.495. The fourth-order valence-corrected chi connectivity index (χ4v) is 3.02. The Hall–Kier alpha value is -3.71. The Morgan fingerprint density at radius 1 is 1.07 bits per heavy atom. The van der Waals surface area contributed by atoms with Crippen molar-refractivity contribution in [3.05, 3.63) is 76.6 Å². The van der Waals surface area contributed by atoms with E-state index in [1.807, 2.05) is 62.6 Å². The zero-order chi connectivity index (χ0) is 20.9. The molecule has 0 atom stereocenters. The Kier molecular flexibility index (Phi) is 5.72. The van der Waals surface area contributed by atoms with Crippen LogP contribution in [0.1, 0.15) is 11.3 Å². The van der Waals surface area contributed by atoms with Gasteiger partial charge >= 0.3 is 0 Å². The van der Waals surface area contributed by atoms with Gasteiger partial charge in [0.05, 0.1) is 17.4 Å². The number of pyridine rings is 1. The van der Waals surface area contributed by atoms with Crippen LogP contribution < -0.4 is 10.3 Å². The lowest BCUT2D eigenvalue weighted by Gasteiger charge is -2.10. The number of ether oxygens (including phenoxy) is 1. The lowest BCUT2D eigenvalue weighted by atomic mass is 10.1. The van der Waals surface area contributed by atoms with Crippen molar-refractivity contribution in [3.63, 3.8) is 0 Å². The number of hydrogen-bond donors (Lipinski definition) is 2. The summed E-state index contributed by atoms with van der Waals surface area (Å²) in [6.07, 6.45) is 7.11. The van der Waals surface area contributed by atoms with Crippen molar-refractivity contribution in [3.8, 4) is 17.0 Å². The maximum absolute atomic E-state index is 11.9. The number of hydrogen-bond acceptors (Lipinski definition) is 5. The molecule has 152 valence electrons. The molecule has 0 amide bonds. The van der Waals surface area contributed by atoms with E-state index in [4.69, 9.17) is 4.74 Å². The molecule has 4 rings (SSSR count). The number of likely N-dealkylation sites (N-methyl/N-ethyl adjacent to an activating group) is 1. The normalized spacial score (nSPS) is 11.6. The van der Waals surface area contributed by atoms with Crippen LogP contribution in [0.2, 0.25) is 0 Å². The molecule has 0 bridgehead atoms. The molecule has 0 aliphatic carbocycles. The highest BCUT2D eigenvalue weighted by Gasteiger charge is 2.07. The molecule has 0 spiro atoms. The SMILES string of the molecule is CN(C)CCOc1ccc(/C=C/c2cc(-c3cc4c(=O)[nH]cnc4[nH]3)ccn2)cc1. The van der Waals surface area contributed by atoms with Gasteiger partial charge in [-0.3, -0.25) is 9.78 Å². The van der Waals surface area contributed by atoms with Crippen molar-refractivity contribution in [2.45, 2.75) is 0 Å². The smallest absolute Gasteiger partial charge is 0.260 e. The van der Waals surface area contributed by atoms with Gasteiger partial charge in [0.1, 0.15) is 18.0 Å². The molecule has 30 heavy (non-hydrogen) atoms. The van der Waals surface area contributed by atoms with Crippen LogP contribution in [0, 0.1) is 0 Å². The highest BCUT2D eigenvalue weighted by molar-refractivity contribution is 5.82. The van der Waals surface area contributed by atoms with Crippen molar-refractivity contribution in [2.75, 3.05) is 27.2 Å². The standard InChI is InChI=1S/C23H23N5O2/c1-28(2)11-12-30-19-7-4-16(5-8-19)3-6-18-13-17(9-10-24-18)21-14-20-22(27-21)25-15-26-23(20)29/h3-10,13-15H,11-12H2,1-2H3,(H2,25,26,27,29)/b6-3+. The van der Waals surface area contributed by atoms with Crippen LogP contribution in [0.5, 0.6) is 5.75 Å². The summed E-state index contributed by atoms with van der Waals surface area (Å²) in [5.74, 6) is 0.858. The van der Waals surface area contributed by atoms with Gasteiger partial charge in [0.25, 0.3) is 5.56 Å². The van der Waals surface area contributed by atoms with E-state index in [0.29, 0.717) is 17.6 Å². The second-order valence-electron chi connectivity index (χ2n) is 7.20. The first-order valence-electron chi connectivity index (χ1n) is 9.67. The van der Waals surface area contributed by atoms with Crippen LogP contribution >= 0.6 is 0 Å². The summed E-state index contributed by atoms with van der Waals surface area (Å²) in [4.78, 5) is 28.3. The second kappa shape index (κ2) is 8.75. The molecule has 7 nitrogen and oxygen atoms in total. The largest absolute Gasteiger partial charge is 0.492 e. The van der Waals surface area contributed by atoms with Crippen LogP contribution in [0.15, 0.2) is 59.8 Å². The van der Waals surface area contributed by atoms with Gasteiger partial charge in [0.15, 0.2) is 0 Å². The molecule has 3 aromatic heterocycles. The number of H-pyrrole nitrogens is 2. The molecule has 0 aliphatic rings. The summed E-state index contributed by atoms with van der Waals surface area (Å²) in [5, 5.41) is 0.536. The Morgan fingerprint density at radius 2 is 1.90 bits per heavy atom. The van der Waals surface area contributed by atoms with Crippen LogP contribution in [-0.2, 0) is 0 Å². The Labute approximate surface area is 174 Å². The molecule has 0 radical (unpaired) electrons. The predicted molar refractivity (Wildman–Crippen MR) is 119 cm³/mol. The van der Waals surface area contributed by atoms with Gasteiger partial charge < -0.3 is 19.6 Å². The van der Waals surface area contributed by atoms with Crippen LogP contribution in [0.25, 0.3) is 34.4 Å². The molecule has 0 aliphatic heterocycles. The number of fused-ring (bicyclic) bond motifs is 1. The monoisotopic (exact) mass is 401 g/mol. The van der Waals surface area contributed by atoms with E-state index in [2.05, 4.69) is 24.8 Å². The molecule has 7 heteroatoms. The molecule has 2 N–H and O–H groups in total. The van der Waals surface area contributed by atoms with E-state index in [0.717, 1.165) is 34.8 Å². The summed E-state index contributed by atoms with van der Waals surface area (Å²) in [6, 6.07) is 13.6. The van der Waals surface area contributed by atoms with Gasteiger partial charge in [-0.15, -0.1) is 0 Å². The van der Waals surface area contributed by atoms with Crippen molar-refractivity contribution in [1.29, 1.82) is 0 Å². The predicted octanol–water partition coefficient (Wildman–Crippen LogP) is 3.42. The molecule has 0 saturated carbocycles. The topological polar surface area (TPSA) is 86.9 Å². The van der Waals surface area contributed by atoms with Crippen molar-refractivity contribution >= 4 is 23.2 Å². The van der Waals surface area contributed by atoms with E-state index in [1.54, 1.807) is 12.3 Å². The Morgan fingerprint density at radius 3 is 2.67 bits per heavy atom. The van der Waals surface area contributed by atoms with Crippen molar-refractivity contribution < 1.29 is 4.74 Å². The molecule has 0 fully saturated rings. The molecule has 4 aromatic rings. The van der Waals surface area contributed by atoms with Crippen molar-refractivity contribution in [1.82, 2.24) is 24.8 Å². The first-order chi connectivity index (χ1) is 14.6. The number of rotatable bonds is 7. The summed E-state index contributed by atoms with van der Waals surface area (Å²) in [7, 11) is 4.05. The first kappa shape index (κ1) is 19.6. The highest BCUT2D eigenvalue weighted by atomic mass is 16.5. The third-order valence-corrected chi connectivity index (χ3v) is 4.66. The number of aromatic amines is 2. The van der Waals surface area contributed by atoms with Gasteiger partial charge in [-0.05, 0) is 56.1 Å². The number of benzene rings is 1. The van der Waals surface area contributed by atoms with E-state index >= 15 is 0 Å². The molecule has 0 saturated heterocycles.